The largest absolute Gasteiger partial charge is 0.483 e. The highest BCUT2D eigenvalue weighted by atomic mass is 79.9. The second kappa shape index (κ2) is 10.3. The summed E-state index contributed by atoms with van der Waals surface area (Å²) in [6.07, 6.45) is 0. The van der Waals surface area contributed by atoms with Crippen molar-refractivity contribution >= 4 is 27.7 Å². The lowest BCUT2D eigenvalue weighted by Gasteiger charge is -2.31. The molecule has 0 bridgehead atoms. The van der Waals surface area contributed by atoms with E-state index < -0.39 is 6.04 Å². The van der Waals surface area contributed by atoms with Gasteiger partial charge >= 0.3 is 0 Å². The maximum atomic E-state index is 13.2. The molecule has 0 heterocycles. The summed E-state index contributed by atoms with van der Waals surface area (Å²) >= 11 is 3.47. The molecule has 0 aromatic heterocycles. The molecule has 1 unspecified atom stereocenters. The molecule has 0 radical (unpaired) electrons. The zero-order valence-corrected chi connectivity index (χ0v) is 21.1. The minimum atomic E-state index is -0.644. The van der Waals surface area contributed by atoms with Crippen molar-refractivity contribution in [2.75, 3.05) is 6.61 Å². The third-order valence-corrected chi connectivity index (χ3v) is 5.52. The van der Waals surface area contributed by atoms with Crippen molar-refractivity contribution in [3.63, 3.8) is 0 Å². The Hall–Kier alpha value is -2.34. The first-order valence-electron chi connectivity index (χ1n) is 10.4. The van der Waals surface area contributed by atoms with E-state index in [0.717, 1.165) is 26.7 Å². The van der Waals surface area contributed by atoms with Crippen LogP contribution in [0, 0.1) is 20.8 Å². The lowest BCUT2D eigenvalue weighted by Crippen LogP contribution is -2.53. The van der Waals surface area contributed by atoms with E-state index in [2.05, 4.69) is 27.3 Å². The molecule has 5 nitrogen and oxygen atoms in total. The van der Waals surface area contributed by atoms with E-state index in [9.17, 15) is 9.59 Å². The van der Waals surface area contributed by atoms with E-state index in [1.54, 1.807) is 11.8 Å². The first-order chi connectivity index (χ1) is 14.4. The predicted octanol–water partition coefficient (Wildman–Crippen LogP) is 5.09. The second-order valence-electron chi connectivity index (χ2n) is 9.06. The topological polar surface area (TPSA) is 58.6 Å². The highest BCUT2D eigenvalue weighted by Crippen LogP contribution is 2.23. The number of nitrogens with zero attached hydrogens (tertiary/aromatic N) is 1. The summed E-state index contributed by atoms with van der Waals surface area (Å²) in [5, 5.41) is 2.97. The molecule has 2 aromatic rings. The molecule has 2 aromatic carbocycles. The Labute approximate surface area is 194 Å². The highest BCUT2D eigenvalue weighted by molar-refractivity contribution is 9.10. The fourth-order valence-corrected chi connectivity index (χ4v) is 3.71. The van der Waals surface area contributed by atoms with Gasteiger partial charge in [0.2, 0.25) is 5.91 Å². The van der Waals surface area contributed by atoms with Gasteiger partial charge in [0.05, 0.1) is 0 Å². The molecular formula is C25H33BrN2O3. The Bertz CT molecular complexity index is 950. The summed E-state index contributed by atoms with van der Waals surface area (Å²) in [5.74, 6) is 0.258. The number of rotatable bonds is 7. The van der Waals surface area contributed by atoms with Gasteiger partial charge in [0.25, 0.3) is 5.91 Å². The number of hydrogen-bond donors (Lipinski definition) is 1. The van der Waals surface area contributed by atoms with Gasteiger partial charge in [0.1, 0.15) is 11.8 Å². The summed E-state index contributed by atoms with van der Waals surface area (Å²) in [5.41, 5.74) is 3.75. The summed E-state index contributed by atoms with van der Waals surface area (Å²) in [6.45, 7) is 13.7. The Morgan fingerprint density at radius 2 is 1.81 bits per heavy atom. The van der Waals surface area contributed by atoms with Gasteiger partial charge in [-0.25, -0.2) is 0 Å². The Balaban J connectivity index is 2.24. The molecule has 0 saturated carbocycles. The molecule has 0 saturated heterocycles. The van der Waals surface area contributed by atoms with Gasteiger partial charge in [0, 0.05) is 16.6 Å². The Morgan fingerprint density at radius 1 is 1.13 bits per heavy atom. The summed E-state index contributed by atoms with van der Waals surface area (Å²) in [6, 6.07) is 11.1. The molecule has 0 aliphatic rings. The fraction of sp³-hybridized carbons (Fsp3) is 0.440. The van der Waals surface area contributed by atoms with E-state index in [1.165, 1.54) is 0 Å². The van der Waals surface area contributed by atoms with E-state index in [4.69, 9.17) is 4.74 Å². The van der Waals surface area contributed by atoms with Crippen LogP contribution in [-0.4, -0.2) is 34.9 Å². The molecule has 6 heteroatoms. The van der Waals surface area contributed by atoms with Crippen molar-refractivity contribution in [3.8, 4) is 5.75 Å². The van der Waals surface area contributed by atoms with Gasteiger partial charge in [-0.15, -0.1) is 0 Å². The summed E-state index contributed by atoms with van der Waals surface area (Å²) < 4.78 is 6.82. The van der Waals surface area contributed by atoms with Crippen LogP contribution in [0.4, 0.5) is 0 Å². The van der Waals surface area contributed by atoms with Gasteiger partial charge in [-0.1, -0.05) is 34.1 Å². The number of ether oxygens (including phenoxy) is 1. The lowest BCUT2D eigenvalue weighted by molar-refractivity contribution is -0.142. The Kier molecular flexibility index (Phi) is 8.29. The van der Waals surface area contributed by atoms with Gasteiger partial charge in [-0.2, -0.15) is 0 Å². The standard InChI is InChI=1S/C25H33BrN2O3/c1-16-11-17(2)18(3)22(12-16)31-15-23(29)28(14-20-9-8-10-21(26)13-20)19(4)24(30)27-25(5,6)7/h8-13,19H,14-15H2,1-7H3,(H,27,30). The van der Waals surface area contributed by atoms with Crippen molar-refractivity contribution in [2.45, 2.75) is 66.6 Å². The molecule has 2 amide bonds. The zero-order valence-electron chi connectivity index (χ0n) is 19.5. The third-order valence-electron chi connectivity index (χ3n) is 5.02. The molecule has 0 aliphatic heterocycles. The molecular weight excluding hydrogens is 456 g/mol. The minimum Gasteiger partial charge on any atom is -0.483 e. The van der Waals surface area contributed by atoms with Crippen LogP contribution in [0.2, 0.25) is 0 Å². The minimum absolute atomic E-state index is 0.134. The van der Waals surface area contributed by atoms with Crippen LogP contribution >= 0.6 is 15.9 Å². The van der Waals surface area contributed by atoms with Gasteiger partial charge in [0.15, 0.2) is 6.61 Å². The van der Waals surface area contributed by atoms with Crippen molar-refractivity contribution in [3.05, 3.63) is 63.1 Å². The molecule has 0 aliphatic carbocycles. The van der Waals surface area contributed by atoms with Crippen LogP contribution in [0.1, 0.15) is 49.9 Å². The monoisotopic (exact) mass is 488 g/mol. The van der Waals surface area contributed by atoms with Crippen molar-refractivity contribution in [1.29, 1.82) is 0 Å². The Morgan fingerprint density at radius 3 is 2.42 bits per heavy atom. The van der Waals surface area contributed by atoms with E-state index in [1.807, 2.05) is 71.9 Å². The van der Waals surface area contributed by atoms with Crippen LogP contribution in [0.5, 0.6) is 5.75 Å². The van der Waals surface area contributed by atoms with Crippen molar-refractivity contribution in [2.24, 2.45) is 0 Å². The second-order valence-corrected chi connectivity index (χ2v) is 9.98. The molecule has 1 N–H and O–H groups in total. The fourth-order valence-electron chi connectivity index (χ4n) is 3.26. The van der Waals surface area contributed by atoms with Crippen molar-refractivity contribution in [1.82, 2.24) is 10.2 Å². The summed E-state index contributed by atoms with van der Waals surface area (Å²) in [7, 11) is 0. The first kappa shape index (κ1) is 24.9. The van der Waals surface area contributed by atoms with E-state index in [0.29, 0.717) is 12.3 Å². The zero-order chi connectivity index (χ0) is 23.3. The molecule has 168 valence electrons. The van der Waals surface area contributed by atoms with Gasteiger partial charge in [-0.05, 0) is 88.9 Å². The van der Waals surface area contributed by atoms with Gasteiger partial charge in [-0.3, -0.25) is 9.59 Å². The predicted molar refractivity (Wildman–Crippen MR) is 128 cm³/mol. The van der Waals surface area contributed by atoms with Crippen molar-refractivity contribution < 1.29 is 14.3 Å². The number of halogens is 1. The van der Waals surface area contributed by atoms with Crippen LogP contribution in [0.25, 0.3) is 0 Å². The third kappa shape index (κ3) is 7.39. The van der Waals surface area contributed by atoms with Crippen LogP contribution in [0.3, 0.4) is 0 Å². The molecule has 0 spiro atoms. The number of carbonyl (C=O) groups is 2. The number of benzene rings is 2. The maximum Gasteiger partial charge on any atom is 0.261 e. The highest BCUT2D eigenvalue weighted by Gasteiger charge is 2.28. The molecule has 31 heavy (non-hydrogen) atoms. The SMILES string of the molecule is Cc1cc(C)c(C)c(OCC(=O)N(Cc2cccc(Br)c2)C(C)C(=O)NC(C)(C)C)c1. The van der Waals surface area contributed by atoms with E-state index >= 15 is 0 Å². The lowest BCUT2D eigenvalue weighted by atomic mass is 10.1. The number of nitrogens with one attached hydrogen (secondary N) is 1. The van der Waals surface area contributed by atoms with Gasteiger partial charge < -0.3 is 15.0 Å². The molecule has 1 atom stereocenters. The van der Waals surface area contributed by atoms with E-state index in [-0.39, 0.29) is 24.0 Å². The average molecular weight is 489 g/mol. The summed E-state index contributed by atoms with van der Waals surface area (Å²) in [4.78, 5) is 27.6. The number of carbonyl (C=O) groups excluding carboxylic acids is 2. The normalized spacial score (nSPS) is 12.3. The first-order valence-corrected chi connectivity index (χ1v) is 11.2. The van der Waals surface area contributed by atoms with Crippen LogP contribution < -0.4 is 10.1 Å². The number of hydrogen-bond acceptors (Lipinski definition) is 3. The average Bonchev–Trinajstić information content (AvgIpc) is 2.65. The molecule has 0 fully saturated rings. The van der Waals surface area contributed by atoms with Crippen LogP contribution in [0.15, 0.2) is 40.9 Å². The number of amides is 2. The quantitative estimate of drug-likeness (QED) is 0.590. The smallest absolute Gasteiger partial charge is 0.261 e. The maximum absolute atomic E-state index is 13.2. The molecule has 2 rings (SSSR count). The van der Waals surface area contributed by atoms with Crippen LogP contribution in [-0.2, 0) is 16.1 Å². The number of aryl methyl sites for hydroxylation is 2.